The van der Waals surface area contributed by atoms with E-state index in [1.807, 2.05) is 12.1 Å². The zero-order valence-electron chi connectivity index (χ0n) is 10.9. The maximum absolute atomic E-state index is 12.0. The fraction of sp³-hybridized carbons (Fsp3) is 0.200. The molecule has 0 spiro atoms. The smallest absolute Gasteiger partial charge is 0.255 e. The van der Waals surface area contributed by atoms with E-state index in [0.717, 1.165) is 12.0 Å². The molecular weight excluding hydrogens is 238 g/mol. The Hall–Kier alpha value is -2.36. The van der Waals surface area contributed by atoms with Crippen LogP contribution in [-0.2, 0) is 13.0 Å². The largest absolute Gasteiger partial charge is 0.383 e. The van der Waals surface area contributed by atoms with E-state index in [2.05, 4.69) is 29.4 Å². The van der Waals surface area contributed by atoms with Crippen LogP contribution in [0, 0.1) is 0 Å². The highest BCUT2D eigenvalue weighted by molar-refractivity contribution is 5.98. The number of rotatable bonds is 4. The monoisotopic (exact) mass is 255 g/mol. The minimum Gasteiger partial charge on any atom is -0.383 e. The topological polar surface area (TPSA) is 68.0 Å². The number of aromatic nitrogens is 1. The van der Waals surface area contributed by atoms with Crippen LogP contribution in [0.25, 0.3) is 0 Å². The number of aryl methyl sites for hydroxylation is 1. The molecule has 2 rings (SSSR count). The summed E-state index contributed by atoms with van der Waals surface area (Å²) in [5.41, 5.74) is 8.41. The van der Waals surface area contributed by atoms with Crippen molar-refractivity contribution in [1.29, 1.82) is 0 Å². The Morgan fingerprint density at radius 2 is 2.05 bits per heavy atom. The van der Waals surface area contributed by atoms with E-state index in [-0.39, 0.29) is 11.7 Å². The standard InChI is InChI=1S/C15H17N3O/c1-2-11-5-3-6-12(9-11)10-18-15(19)13-7-4-8-17-14(13)16/h3-9H,2,10H2,1H3,(H2,16,17)(H,18,19). The Balaban J connectivity index is 2.02. The summed E-state index contributed by atoms with van der Waals surface area (Å²) in [5, 5.41) is 2.85. The molecule has 1 aromatic heterocycles. The number of hydrogen-bond acceptors (Lipinski definition) is 3. The van der Waals surface area contributed by atoms with Crippen LogP contribution in [0.3, 0.4) is 0 Å². The maximum Gasteiger partial charge on any atom is 0.255 e. The summed E-state index contributed by atoms with van der Waals surface area (Å²) in [6, 6.07) is 11.5. The number of nitrogen functional groups attached to an aromatic ring is 1. The maximum atomic E-state index is 12.0. The van der Waals surface area contributed by atoms with Crippen molar-refractivity contribution < 1.29 is 4.79 Å². The first-order valence-electron chi connectivity index (χ1n) is 6.27. The molecule has 0 radical (unpaired) electrons. The van der Waals surface area contributed by atoms with Gasteiger partial charge in [0.15, 0.2) is 0 Å². The zero-order chi connectivity index (χ0) is 13.7. The average Bonchev–Trinajstić information content (AvgIpc) is 2.45. The van der Waals surface area contributed by atoms with Gasteiger partial charge in [-0.25, -0.2) is 4.98 Å². The number of amides is 1. The second kappa shape index (κ2) is 6.00. The minimum absolute atomic E-state index is 0.201. The Kier molecular flexibility index (Phi) is 4.13. The first-order valence-corrected chi connectivity index (χ1v) is 6.27. The van der Waals surface area contributed by atoms with Gasteiger partial charge in [-0.2, -0.15) is 0 Å². The lowest BCUT2D eigenvalue weighted by molar-refractivity contribution is 0.0951. The van der Waals surface area contributed by atoms with Crippen LogP contribution in [0.15, 0.2) is 42.6 Å². The lowest BCUT2D eigenvalue weighted by Gasteiger charge is -2.07. The Bertz CT molecular complexity index is 581. The van der Waals surface area contributed by atoms with Gasteiger partial charge in [-0.1, -0.05) is 31.2 Å². The Labute approximate surface area is 112 Å². The number of nitrogens with one attached hydrogen (secondary N) is 1. The molecular formula is C15H17N3O. The van der Waals surface area contributed by atoms with E-state index in [9.17, 15) is 4.79 Å². The molecule has 0 saturated carbocycles. The Morgan fingerprint density at radius 1 is 1.26 bits per heavy atom. The molecule has 3 N–H and O–H groups in total. The van der Waals surface area contributed by atoms with Gasteiger partial charge in [0.1, 0.15) is 5.82 Å². The molecule has 19 heavy (non-hydrogen) atoms. The molecule has 0 atom stereocenters. The summed E-state index contributed by atoms with van der Waals surface area (Å²) in [6.45, 7) is 2.59. The fourth-order valence-corrected chi connectivity index (χ4v) is 1.85. The highest BCUT2D eigenvalue weighted by atomic mass is 16.1. The molecule has 2 aromatic rings. The number of nitrogens with two attached hydrogens (primary N) is 1. The second-order valence-corrected chi connectivity index (χ2v) is 4.29. The molecule has 0 aliphatic rings. The summed E-state index contributed by atoms with van der Waals surface area (Å²) < 4.78 is 0. The molecule has 1 heterocycles. The molecule has 0 aliphatic heterocycles. The van der Waals surface area contributed by atoms with E-state index in [1.165, 1.54) is 5.56 Å². The van der Waals surface area contributed by atoms with Gasteiger partial charge >= 0.3 is 0 Å². The highest BCUT2D eigenvalue weighted by Gasteiger charge is 2.09. The summed E-state index contributed by atoms with van der Waals surface area (Å²) in [5.74, 6) is 0.0508. The molecule has 0 aliphatic carbocycles. The first-order chi connectivity index (χ1) is 9.20. The quantitative estimate of drug-likeness (QED) is 0.879. The summed E-state index contributed by atoms with van der Waals surface area (Å²) >= 11 is 0. The van der Waals surface area contributed by atoms with Gasteiger partial charge in [0, 0.05) is 12.7 Å². The van der Waals surface area contributed by atoms with Gasteiger partial charge in [-0.15, -0.1) is 0 Å². The van der Waals surface area contributed by atoms with E-state index < -0.39 is 0 Å². The normalized spacial score (nSPS) is 10.2. The van der Waals surface area contributed by atoms with Gasteiger partial charge in [0.2, 0.25) is 0 Å². The lowest BCUT2D eigenvalue weighted by Crippen LogP contribution is -2.24. The number of carbonyl (C=O) groups excluding carboxylic acids is 1. The molecule has 4 nitrogen and oxygen atoms in total. The lowest BCUT2D eigenvalue weighted by atomic mass is 10.1. The van der Waals surface area contributed by atoms with Crippen molar-refractivity contribution in [1.82, 2.24) is 10.3 Å². The number of anilines is 1. The first kappa shape index (κ1) is 13.1. The molecule has 1 amide bonds. The van der Waals surface area contributed by atoms with E-state index in [0.29, 0.717) is 12.1 Å². The van der Waals surface area contributed by atoms with E-state index in [4.69, 9.17) is 5.73 Å². The third-order valence-electron chi connectivity index (χ3n) is 2.94. The number of pyridine rings is 1. The van der Waals surface area contributed by atoms with Crippen molar-refractivity contribution >= 4 is 11.7 Å². The molecule has 0 unspecified atom stereocenters. The van der Waals surface area contributed by atoms with Crippen molar-refractivity contribution in [3.63, 3.8) is 0 Å². The highest BCUT2D eigenvalue weighted by Crippen LogP contribution is 2.08. The molecule has 0 bridgehead atoms. The van der Waals surface area contributed by atoms with Gasteiger partial charge in [0.25, 0.3) is 5.91 Å². The van der Waals surface area contributed by atoms with Gasteiger partial charge in [0.05, 0.1) is 5.56 Å². The van der Waals surface area contributed by atoms with Crippen molar-refractivity contribution in [3.05, 3.63) is 59.3 Å². The summed E-state index contributed by atoms with van der Waals surface area (Å²) in [4.78, 5) is 15.9. The van der Waals surface area contributed by atoms with Gasteiger partial charge in [-0.3, -0.25) is 4.79 Å². The van der Waals surface area contributed by atoms with Crippen LogP contribution in [0.5, 0.6) is 0 Å². The van der Waals surface area contributed by atoms with Crippen LogP contribution in [0.2, 0.25) is 0 Å². The summed E-state index contributed by atoms with van der Waals surface area (Å²) in [6.07, 6.45) is 2.55. The zero-order valence-corrected chi connectivity index (χ0v) is 10.9. The third-order valence-corrected chi connectivity index (χ3v) is 2.94. The van der Waals surface area contributed by atoms with E-state index in [1.54, 1.807) is 18.3 Å². The predicted molar refractivity (Wildman–Crippen MR) is 75.6 cm³/mol. The van der Waals surface area contributed by atoms with Crippen LogP contribution in [0.4, 0.5) is 5.82 Å². The second-order valence-electron chi connectivity index (χ2n) is 4.29. The van der Waals surface area contributed by atoms with Crippen LogP contribution in [0.1, 0.15) is 28.4 Å². The number of benzene rings is 1. The van der Waals surface area contributed by atoms with Crippen molar-refractivity contribution in [2.24, 2.45) is 0 Å². The van der Waals surface area contributed by atoms with Gasteiger partial charge in [-0.05, 0) is 29.7 Å². The number of nitrogens with zero attached hydrogens (tertiary/aromatic N) is 1. The average molecular weight is 255 g/mol. The molecule has 0 saturated heterocycles. The fourth-order valence-electron chi connectivity index (χ4n) is 1.85. The van der Waals surface area contributed by atoms with Crippen molar-refractivity contribution in [2.75, 3.05) is 5.73 Å². The molecule has 1 aromatic carbocycles. The van der Waals surface area contributed by atoms with E-state index >= 15 is 0 Å². The molecule has 0 fully saturated rings. The minimum atomic E-state index is -0.201. The SMILES string of the molecule is CCc1cccc(CNC(=O)c2cccnc2N)c1. The van der Waals surface area contributed by atoms with Crippen molar-refractivity contribution in [3.8, 4) is 0 Å². The number of hydrogen-bond donors (Lipinski definition) is 2. The van der Waals surface area contributed by atoms with Crippen molar-refractivity contribution in [2.45, 2.75) is 19.9 Å². The van der Waals surface area contributed by atoms with Crippen LogP contribution >= 0.6 is 0 Å². The molecule has 4 heteroatoms. The third kappa shape index (κ3) is 3.31. The molecule has 98 valence electrons. The van der Waals surface area contributed by atoms with Crippen LogP contribution < -0.4 is 11.1 Å². The summed E-state index contributed by atoms with van der Waals surface area (Å²) in [7, 11) is 0. The Morgan fingerprint density at radius 3 is 2.79 bits per heavy atom. The van der Waals surface area contributed by atoms with Gasteiger partial charge < -0.3 is 11.1 Å². The van der Waals surface area contributed by atoms with Crippen LogP contribution in [-0.4, -0.2) is 10.9 Å². The number of carbonyl (C=O) groups is 1. The predicted octanol–water partition coefficient (Wildman–Crippen LogP) is 2.16.